The average Bonchev–Trinajstić information content (AvgIpc) is 1.55. The molecule has 3 heteroatoms. The summed E-state index contributed by atoms with van der Waals surface area (Å²) in [7, 11) is 0. The Kier molecular flexibility index (Phi) is 1.89. The molecule has 1 aliphatic rings. The fourth-order valence-corrected chi connectivity index (χ4v) is 1.04. The number of halogens is 1. The van der Waals surface area contributed by atoms with E-state index < -0.39 is 0 Å². The van der Waals surface area contributed by atoms with Gasteiger partial charge in [0.25, 0.3) is 4.82 Å². The van der Waals surface area contributed by atoms with Crippen LogP contribution in [0, 0.1) is 0 Å². The van der Waals surface area contributed by atoms with E-state index in [9.17, 15) is 4.79 Å². The lowest BCUT2D eigenvalue weighted by Gasteiger charge is -2.24. The van der Waals surface area contributed by atoms with Crippen LogP contribution in [0.3, 0.4) is 0 Å². The normalized spacial score (nSPS) is 19.6. The lowest BCUT2D eigenvalue weighted by atomic mass is 9.94. The van der Waals surface area contributed by atoms with Crippen molar-refractivity contribution in [2.75, 3.05) is 0 Å². The largest absolute Gasteiger partial charge is 0.344 e. The molecule has 0 aromatic carbocycles. The highest BCUT2D eigenvalue weighted by Crippen LogP contribution is 2.18. The number of hydrogen-bond acceptors (Lipinski definition) is 1. The third kappa shape index (κ3) is 1.47. The third-order valence-corrected chi connectivity index (χ3v) is 1.65. The monoisotopic (exact) mass is 177 g/mol. The molecule has 1 rings (SSSR count). The van der Waals surface area contributed by atoms with Gasteiger partial charge in [0.05, 0.1) is 0 Å². The van der Waals surface area contributed by atoms with Crippen molar-refractivity contribution in [1.29, 1.82) is 0 Å². The van der Waals surface area contributed by atoms with E-state index in [4.69, 9.17) is 0 Å². The van der Waals surface area contributed by atoms with Crippen molar-refractivity contribution in [3.05, 3.63) is 0 Å². The number of amides is 1. The summed E-state index contributed by atoms with van der Waals surface area (Å²) in [4.78, 5) is 10.2. The smallest absolute Gasteiger partial charge is 0.287 e. The molecule has 46 valence electrons. The van der Waals surface area contributed by atoms with Crippen molar-refractivity contribution in [2.24, 2.45) is 0 Å². The van der Waals surface area contributed by atoms with Gasteiger partial charge < -0.3 is 5.32 Å². The SMILES string of the molecule is O=C(Br)NC1CCC1. The molecule has 2 nitrogen and oxygen atoms in total. The first-order valence-corrected chi connectivity index (χ1v) is 3.54. The van der Waals surface area contributed by atoms with Gasteiger partial charge in [-0.3, -0.25) is 4.79 Å². The van der Waals surface area contributed by atoms with Gasteiger partial charge in [0.2, 0.25) is 0 Å². The van der Waals surface area contributed by atoms with Crippen molar-refractivity contribution in [3.63, 3.8) is 0 Å². The van der Waals surface area contributed by atoms with E-state index in [1.807, 2.05) is 0 Å². The standard InChI is InChI=1S/C5H8BrNO/c6-5(8)7-4-2-1-3-4/h4H,1-3H2,(H,7,8). The average molecular weight is 178 g/mol. The third-order valence-electron chi connectivity index (χ3n) is 1.42. The maximum Gasteiger partial charge on any atom is 0.287 e. The highest BCUT2D eigenvalue weighted by molar-refractivity contribution is 9.18. The van der Waals surface area contributed by atoms with E-state index >= 15 is 0 Å². The molecule has 0 spiro atoms. The summed E-state index contributed by atoms with van der Waals surface area (Å²) in [6.07, 6.45) is 3.56. The number of carbonyl (C=O) groups is 1. The first-order chi connectivity index (χ1) is 3.79. The van der Waals surface area contributed by atoms with Crippen LogP contribution in [0.4, 0.5) is 4.79 Å². The van der Waals surface area contributed by atoms with E-state index in [1.165, 1.54) is 6.42 Å². The molecule has 0 saturated heterocycles. The Morgan fingerprint density at radius 1 is 1.62 bits per heavy atom. The van der Waals surface area contributed by atoms with E-state index in [0.29, 0.717) is 6.04 Å². The molecule has 0 aromatic rings. The minimum absolute atomic E-state index is 0.0813. The Hall–Kier alpha value is -0.0500. The molecule has 0 radical (unpaired) electrons. The number of nitrogens with one attached hydrogen (secondary N) is 1. The second kappa shape index (κ2) is 2.49. The molecular formula is C5H8BrNO. The van der Waals surface area contributed by atoms with Crippen LogP contribution < -0.4 is 5.32 Å². The minimum atomic E-state index is -0.0813. The molecule has 1 fully saturated rings. The van der Waals surface area contributed by atoms with Gasteiger partial charge in [-0.2, -0.15) is 0 Å². The summed E-state index contributed by atoms with van der Waals surface area (Å²) in [5.41, 5.74) is 0. The summed E-state index contributed by atoms with van der Waals surface area (Å²) in [5, 5.41) is 2.76. The first kappa shape index (κ1) is 6.08. The molecular weight excluding hydrogens is 170 g/mol. The molecule has 0 aromatic heterocycles. The molecule has 1 N–H and O–H groups in total. The first-order valence-electron chi connectivity index (χ1n) is 2.75. The second-order valence-electron chi connectivity index (χ2n) is 2.05. The van der Waals surface area contributed by atoms with Crippen molar-refractivity contribution >= 4 is 20.7 Å². The molecule has 0 unspecified atom stereocenters. The molecule has 0 heterocycles. The van der Waals surface area contributed by atoms with Crippen LogP contribution in [0.2, 0.25) is 0 Å². The van der Waals surface area contributed by atoms with Gasteiger partial charge in [-0.1, -0.05) is 0 Å². The molecule has 1 amide bonds. The van der Waals surface area contributed by atoms with Crippen LogP contribution in [0.1, 0.15) is 19.3 Å². The molecule has 0 atom stereocenters. The summed E-state index contributed by atoms with van der Waals surface area (Å²) >= 11 is 2.80. The van der Waals surface area contributed by atoms with Gasteiger partial charge in [0, 0.05) is 22.0 Å². The fourth-order valence-electron chi connectivity index (χ4n) is 0.713. The predicted molar refractivity (Wildman–Crippen MR) is 35.1 cm³/mol. The Morgan fingerprint density at radius 3 is 2.38 bits per heavy atom. The predicted octanol–water partition coefficient (Wildman–Crippen LogP) is 1.64. The Labute approximate surface area is 56.8 Å². The molecule has 0 aliphatic heterocycles. The lowest BCUT2D eigenvalue weighted by molar-refractivity contribution is 0.250. The zero-order valence-electron chi connectivity index (χ0n) is 4.48. The molecule has 1 aliphatic carbocycles. The zero-order chi connectivity index (χ0) is 5.98. The molecule has 1 saturated carbocycles. The van der Waals surface area contributed by atoms with E-state index in [2.05, 4.69) is 21.2 Å². The Morgan fingerprint density at radius 2 is 2.25 bits per heavy atom. The number of hydrogen-bond donors (Lipinski definition) is 1. The van der Waals surface area contributed by atoms with Crippen LogP contribution in [-0.4, -0.2) is 10.9 Å². The molecule has 8 heavy (non-hydrogen) atoms. The van der Waals surface area contributed by atoms with Crippen LogP contribution in [-0.2, 0) is 0 Å². The summed E-state index contributed by atoms with van der Waals surface area (Å²) in [6.45, 7) is 0. The van der Waals surface area contributed by atoms with Crippen molar-refractivity contribution in [1.82, 2.24) is 5.32 Å². The van der Waals surface area contributed by atoms with Crippen LogP contribution in [0.15, 0.2) is 0 Å². The van der Waals surface area contributed by atoms with Crippen LogP contribution in [0.5, 0.6) is 0 Å². The maximum absolute atomic E-state index is 10.3. The Bertz CT molecular complexity index is 101. The van der Waals surface area contributed by atoms with Gasteiger partial charge in [-0.15, -0.1) is 0 Å². The highest BCUT2D eigenvalue weighted by Gasteiger charge is 2.17. The molecule has 0 bridgehead atoms. The van der Waals surface area contributed by atoms with E-state index in [-0.39, 0.29) is 4.82 Å². The Balaban J connectivity index is 2.09. The van der Waals surface area contributed by atoms with Gasteiger partial charge in [0.1, 0.15) is 0 Å². The minimum Gasteiger partial charge on any atom is -0.344 e. The number of carbonyl (C=O) groups excluding carboxylic acids is 1. The topological polar surface area (TPSA) is 29.1 Å². The maximum atomic E-state index is 10.3. The fraction of sp³-hybridized carbons (Fsp3) is 0.800. The van der Waals surface area contributed by atoms with Gasteiger partial charge in [-0.25, -0.2) is 0 Å². The van der Waals surface area contributed by atoms with Gasteiger partial charge in [0.15, 0.2) is 0 Å². The second-order valence-corrected chi connectivity index (χ2v) is 2.77. The highest BCUT2D eigenvalue weighted by atomic mass is 79.9. The summed E-state index contributed by atoms with van der Waals surface area (Å²) < 4.78 is 0. The van der Waals surface area contributed by atoms with Crippen molar-refractivity contribution in [3.8, 4) is 0 Å². The summed E-state index contributed by atoms with van der Waals surface area (Å²) in [5.74, 6) is 0. The lowest BCUT2D eigenvalue weighted by Crippen LogP contribution is -2.36. The van der Waals surface area contributed by atoms with E-state index in [1.54, 1.807) is 0 Å². The van der Waals surface area contributed by atoms with Crippen LogP contribution in [0.25, 0.3) is 0 Å². The van der Waals surface area contributed by atoms with Crippen molar-refractivity contribution in [2.45, 2.75) is 25.3 Å². The van der Waals surface area contributed by atoms with Crippen LogP contribution >= 0.6 is 15.9 Å². The summed E-state index contributed by atoms with van der Waals surface area (Å²) in [6, 6.07) is 0.460. The number of rotatable bonds is 1. The zero-order valence-corrected chi connectivity index (χ0v) is 6.07. The van der Waals surface area contributed by atoms with Gasteiger partial charge in [-0.05, 0) is 19.3 Å². The van der Waals surface area contributed by atoms with Gasteiger partial charge >= 0.3 is 0 Å². The quantitative estimate of drug-likeness (QED) is 0.480. The van der Waals surface area contributed by atoms with E-state index in [0.717, 1.165) is 12.8 Å². The van der Waals surface area contributed by atoms with Crippen molar-refractivity contribution < 1.29 is 4.79 Å².